The lowest BCUT2D eigenvalue weighted by Crippen LogP contribution is -2.13. The van der Waals surface area contributed by atoms with Crippen LogP contribution in [0.5, 0.6) is 0 Å². The van der Waals surface area contributed by atoms with Gasteiger partial charge in [-0.15, -0.1) is 0 Å². The quantitative estimate of drug-likeness (QED) is 0.608. The minimum absolute atomic E-state index is 0.320. The molecular weight excluding hydrogens is 276 g/mol. The molecule has 0 bridgehead atoms. The van der Waals surface area contributed by atoms with E-state index in [4.69, 9.17) is 0 Å². The molecule has 0 aliphatic carbocycles. The molecule has 0 radical (unpaired) electrons. The van der Waals surface area contributed by atoms with E-state index in [1.165, 1.54) is 22.3 Å². The van der Waals surface area contributed by atoms with Crippen molar-refractivity contribution in [3.05, 3.63) is 70.8 Å². The third kappa shape index (κ3) is 5.86. The average Bonchev–Trinajstić information content (AvgIpc) is 2.40. The Morgan fingerprint density at radius 1 is 0.522 bits per heavy atom. The summed E-state index contributed by atoms with van der Waals surface area (Å²) in [6.07, 6.45) is 3.30. The Labute approximate surface area is 143 Å². The van der Waals surface area contributed by atoms with Crippen LogP contribution in [0.2, 0.25) is 0 Å². The summed E-state index contributed by atoms with van der Waals surface area (Å²) in [5.74, 6) is 0. The van der Waals surface area contributed by atoms with E-state index in [1.54, 1.807) is 0 Å². The lowest BCUT2D eigenvalue weighted by molar-refractivity contribution is 0.409. The summed E-state index contributed by atoms with van der Waals surface area (Å²) in [6.45, 7) is 13.9. The molecule has 0 heteroatoms. The molecule has 2 aromatic carbocycles. The molecule has 0 aliphatic rings. The number of hydrogen-bond donors (Lipinski definition) is 0. The van der Waals surface area contributed by atoms with Gasteiger partial charge in [-0.25, -0.2) is 0 Å². The Balaban J connectivity index is 2.30. The van der Waals surface area contributed by atoms with E-state index in [1.807, 2.05) is 0 Å². The highest BCUT2D eigenvalue weighted by Gasteiger charge is 2.16. The molecule has 0 saturated heterocycles. The maximum atomic E-state index is 2.32. The van der Waals surface area contributed by atoms with Crippen molar-refractivity contribution in [2.24, 2.45) is 10.8 Å². The molecule has 0 heterocycles. The highest BCUT2D eigenvalue weighted by molar-refractivity contribution is 5.37. The number of benzene rings is 2. The number of hydrogen-bond acceptors (Lipinski definition) is 0. The van der Waals surface area contributed by atoms with Gasteiger partial charge in [0.2, 0.25) is 0 Å². The normalized spacial score (nSPS) is 12.4. The predicted octanol–water partition coefficient (Wildman–Crippen LogP) is 6.45. The van der Waals surface area contributed by atoms with Gasteiger partial charge in [0.05, 0.1) is 0 Å². The molecule has 2 aromatic rings. The van der Waals surface area contributed by atoms with Crippen molar-refractivity contribution in [3.63, 3.8) is 0 Å². The fourth-order valence-corrected chi connectivity index (χ4v) is 3.15. The smallest absolute Gasteiger partial charge is 0.00203 e. The fourth-order valence-electron chi connectivity index (χ4n) is 3.15. The molecule has 0 aliphatic heterocycles. The van der Waals surface area contributed by atoms with E-state index in [9.17, 15) is 0 Å². The van der Waals surface area contributed by atoms with Crippen LogP contribution in [0.15, 0.2) is 48.5 Å². The zero-order valence-corrected chi connectivity index (χ0v) is 15.7. The van der Waals surface area contributed by atoms with Crippen LogP contribution in [-0.2, 0) is 19.3 Å². The molecule has 0 amide bonds. The van der Waals surface area contributed by atoms with Crippen LogP contribution in [0.25, 0.3) is 0 Å². The summed E-state index contributed by atoms with van der Waals surface area (Å²) in [5.41, 5.74) is 6.57. The fraction of sp³-hybridized carbons (Fsp3) is 0.478. The molecular formula is C23H32. The summed E-state index contributed by atoms with van der Waals surface area (Å²) in [5, 5.41) is 0. The monoisotopic (exact) mass is 308 g/mol. The summed E-state index contributed by atoms with van der Waals surface area (Å²) in [6, 6.07) is 17.9. The minimum Gasteiger partial charge on any atom is -0.0620 e. The zero-order chi connectivity index (χ0) is 17.1. The van der Waals surface area contributed by atoms with E-state index < -0.39 is 0 Å². The molecule has 0 nitrogen and oxygen atoms in total. The van der Waals surface area contributed by atoms with Gasteiger partial charge in [0.1, 0.15) is 0 Å². The molecule has 0 spiro atoms. The number of rotatable bonds is 4. The van der Waals surface area contributed by atoms with Crippen molar-refractivity contribution < 1.29 is 0 Å². The maximum absolute atomic E-state index is 2.32. The summed E-state index contributed by atoms with van der Waals surface area (Å²) in [4.78, 5) is 0. The van der Waals surface area contributed by atoms with E-state index in [0.717, 1.165) is 19.3 Å². The highest BCUT2D eigenvalue weighted by atomic mass is 14.2. The van der Waals surface area contributed by atoms with Crippen LogP contribution in [0, 0.1) is 10.8 Å². The molecule has 0 unspecified atom stereocenters. The van der Waals surface area contributed by atoms with Crippen molar-refractivity contribution in [1.29, 1.82) is 0 Å². The molecule has 0 fully saturated rings. The van der Waals surface area contributed by atoms with Gasteiger partial charge < -0.3 is 0 Å². The van der Waals surface area contributed by atoms with Crippen molar-refractivity contribution in [1.82, 2.24) is 0 Å². The average molecular weight is 309 g/mol. The third-order valence-electron chi connectivity index (χ3n) is 4.06. The summed E-state index contributed by atoms with van der Waals surface area (Å²) < 4.78 is 0. The zero-order valence-electron chi connectivity index (χ0n) is 15.7. The van der Waals surface area contributed by atoms with Crippen LogP contribution >= 0.6 is 0 Å². The van der Waals surface area contributed by atoms with Crippen LogP contribution in [0.1, 0.15) is 63.8 Å². The van der Waals surface area contributed by atoms with Crippen LogP contribution in [0.4, 0.5) is 0 Å². The minimum atomic E-state index is 0.320. The standard InChI is InChI=1S/C23H32/c1-22(2,3)16-20-13-9-7-11-18(20)15-19-12-8-10-14-21(19)17-23(4,5)6/h7-14H,15-17H2,1-6H3. The predicted molar refractivity (Wildman–Crippen MR) is 102 cm³/mol. The third-order valence-corrected chi connectivity index (χ3v) is 4.06. The first kappa shape index (κ1) is 17.8. The van der Waals surface area contributed by atoms with E-state index in [2.05, 4.69) is 90.1 Å². The Hall–Kier alpha value is -1.56. The maximum Gasteiger partial charge on any atom is -0.00203 e. The first-order valence-corrected chi connectivity index (χ1v) is 8.78. The topological polar surface area (TPSA) is 0 Å². The summed E-state index contributed by atoms with van der Waals surface area (Å²) in [7, 11) is 0. The Morgan fingerprint density at radius 2 is 0.826 bits per heavy atom. The van der Waals surface area contributed by atoms with Gasteiger partial charge >= 0.3 is 0 Å². The van der Waals surface area contributed by atoms with Gasteiger partial charge in [0.15, 0.2) is 0 Å². The van der Waals surface area contributed by atoms with Crippen LogP contribution in [0.3, 0.4) is 0 Å². The van der Waals surface area contributed by atoms with Gasteiger partial charge in [-0.05, 0) is 52.3 Å². The Bertz CT molecular complexity index is 578. The second kappa shape index (κ2) is 6.91. The van der Waals surface area contributed by atoms with Crippen molar-refractivity contribution in [2.45, 2.75) is 60.8 Å². The van der Waals surface area contributed by atoms with Crippen LogP contribution in [-0.4, -0.2) is 0 Å². The van der Waals surface area contributed by atoms with Gasteiger partial charge in [-0.2, -0.15) is 0 Å². The summed E-state index contributed by atoms with van der Waals surface area (Å²) >= 11 is 0. The largest absolute Gasteiger partial charge is 0.0620 e. The van der Waals surface area contributed by atoms with Gasteiger partial charge in [0, 0.05) is 0 Å². The lowest BCUT2D eigenvalue weighted by atomic mass is 9.83. The molecule has 23 heavy (non-hydrogen) atoms. The van der Waals surface area contributed by atoms with E-state index in [-0.39, 0.29) is 0 Å². The van der Waals surface area contributed by atoms with Gasteiger partial charge in [-0.1, -0.05) is 90.1 Å². The SMILES string of the molecule is CC(C)(C)Cc1ccccc1Cc1ccccc1CC(C)(C)C. The Kier molecular flexibility index (Phi) is 5.34. The van der Waals surface area contributed by atoms with Crippen molar-refractivity contribution in [3.8, 4) is 0 Å². The molecule has 0 atom stereocenters. The lowest BCUT2D eigenvalue weighted by Gasteiger charge is -2.23. The Morgan fingerprint density at radius 3 is 1.13 bits per heavy atom. The molecule has 0 aromatic heterocycles. The van der Waals surface area contributed by atoms with Crippen LogP contribution < -0.4 is 0 Å². The van der Waals surface area contributed by atoms with E-state index in [0.29, 0.717) is 10.8 Å². The first-order chi connectivity index (χ1) is 10.6. The van der Waals surface area contributed by atoms with Gasteiger partial charge in [-0.3, -0.25) is 0 Å². The van der Waals surface area contributed by atoms with Gasteiger partial charge in [0.25, 0.3) is 0 Å². The van der Waals surface area contributed by atoms with E-state index >= 15 is 0 Å². The molecule has 2 rings (SSSR count). The second-order valence-electron chi connectivity index (χ2n) is 9.19. The molecule has 0 N–H and O–H groups in total. The highest BCUT2D eigenvalue weighted by Crippen LogP contribution is 2.27. The first-order valence-electron chi connectivity index (χ1n) is 8.78. The van der Waals surface area contributed by atoms with Crippen molar-refractivity contribution >= 4 is 0 Å². The van der Waals surface area contributed by atoms with Crippen molar-refractivity contribution in [2.75, 3.05) is 0 Å². The second-order valence-corrected chi connectivity index (χ2v) is 9.19. The molecule has 124 valence electrons. The molecule has 0 saturated carbocycles.